The van der Waals surface area contributed by atoms with Gasteiger partial charge in [0.15, 0.2) is 0 Å². The van der Waals surface area contributed by atoms with Gasteiger partial charge in [0.2, 0.25) is 0 Å². The van der Waals surface area contributed by atoms with E-state index >= 15 is 0 Å². The van der Waals surface area contributed by atoms with Crippen LogP contribution in [0, 0.1) is 22.5 Å². The Morgan fingerprint density at radius 1 is 1.09 bits per heavy atom. The van der Waals surface area contributed by atoms with Crippen molar-refractivity contribution in [3.05, 3.63) is 88.0 Å². The zero-order valence-corrected chi connectivity index (χ0v) is 19.3. The van der Waals surface area contributed by atoms with Gasteiger partial charge in [-0.1, -0.05) is 56.3 Å². The first-order chi connectivity index (χ1) is 15.9. The molecule has 1 unspecified atom stereocenters. The molecule has 0 saturated heterocycles. The van der Waals surface area contributed by atoms with Crippen LogP contribution in [0.3, 0.4) is 0 Å². The van der Waals surface area contributed by atoms with E-state index in [1.165, 1.54) is 6.07 Å². The molecule has 4 rings (SSSR count). The smallest absolute Gasteiger partial charge is 0.339 e. The van der Waals surface area contributed by atoms with Gasteiger partial charge in [-0.15, -0.1) is 0 Å². The van der Waals surface area contributed by atoms with E-state index in [2.05, 4.69) is 19.9 Å². The first-order valence-electron chi connectivity index (χ1n) is 11.5. The molecule has 0 heterocycles. The van der Waals surface area contributed by atoms with Crippen LogP contribution < -0.4 is 0 Å². The number of aryl methyl sites for hydroxylation is 1. The number of rotatable bonds is 6. The van der Waals surface area contributed by atoms with Gasteiger partial charge in [0, 0.05) is 11.6 Å². The fourth-order valence-electron chi connectivity index (χ4n) is 4.83. The van der Waals surface area contributed by atoms with E-state index in [4.69, 9.17) is 4.74 Å². The second-order valence-corrected chi connectivity index (χ2v) is 8.88. The van der Waals surface area contributed by atoms with Gasteiger partial charge in [0.05, 0.1) is 16.1 Å². The summed E-state index contributed by atoms with van der Waals surface area (Å²) in [6.45, 7) is 6.21. The summed E-state index contributed by atoms with van der Waals surface area (Å²) in [5.41, 5.74) is 2.23. The molecule has 3 aromatic carbocycles. The molecule has 0 aromatic heterocycles. The van der Waals surface area contributed by atoms with Gasteiger partial charge in [0.1, 0.15) is 6.10 Å². The topological polar surface area (TPSA) is 69.4 Å². The third-order valence-corrected chi connectivity index (χ3v) is 7.08. The third-order valence-electron chi connectivity index (χ3n) is 7.08. The molecule has 1 atom stereocenters. The maximum atomic E-state index is 13.4. The lowest BCUT2D eigenvalue weighted by atomic mass is 9.74. The largest absolute Gasteiger partial charge is 0.455 e. The number of ether oxygens (including phenoxy) is 1. The van der Waals surface area contributed by atoms with Crippen LogP contribution in [0.1, 0.15) is 55.5 Å². The second-order valence-electron chi connectivity index (χ2n) is 8.88. The van der Waals surface area contributed by atoms with E-state index in [1.54, 1.807) is 12.1 Å². The lowest BCUT2D eigenvalue weighted by Gasteiger charge is -2.33. The normalized spacial score (nSPS) is 17.1. The van der Waals surface area contributed by atoms with Crippen LogP contribution >= 0.6 is 0 Å². The number of hydrogen-bond acceptors (Lipinski definition) is 4. The predicted octanol–water partition coefficient (Wildman–Crippen LogP) is 7.41. The molecule has 0 spiro atoms. The molecule has 0 aliphatic heterocycles. The predicted molar refractivity (Wildman–Crippen MR) is 131 cm³/mol. The lowest BCUT2D eigenvalue weighted by Crippen LogP contribution is -2.27. The fourth-order valence-corrected chi connectivity index (χ4v) is 4.83. The van der Waals surface area contributed by atoms with Crippen molar-refractivity contribution in [1.29, 1.82) is 0 Å². The van der Waals surface area contributed by atoms with Crippen molar-refractivity contribution in [3.63, 3.8) is 0 Å². The number of hydrogen-bond donors (Lipinski definition) is 0. The monoisotopic (exact) mass is 443 g/mol. The average molecular weight is 444 g/mol. The summed E-state index contributed by atoms with van der Waals surface area (Å²) in [5, 5.41) is 13.6. The number of nitro groups is 1. The van der Waals surface area contributed by atoms with E-state index in [9.17, 15) is 14.9 Å². The molecule has 170 valence electrons. The molecule has 0 amide bonds. The summed E-state index contributed by atoms with van der Waals surface area (Å²) in [7, 11) is 0. The first kappa shape index (κ1) is 22.7. The van der Waals surface area contributed by atoms with Crippen LogP contribution in [0.5, 0.6) is 0 Å². The number of carbonyl (C=O) groups excluding carboxylic acids is 1. The highest BCUT2D eigenvalue weighted by molar-refractivity contribution is 6.04. The summed E-state index contributed by atoms with van der Waals surface area (Å²) in [5.74, 6) is -0.455. The Balaban J connectivity index is 1.79. The minimum absolute atomic E-state index is 0.0208. The lowest BCUT2D eigenvalue weighted by molar-refractivity contribution is -0.384. The van der Waals surface area contributed by atoms with Gasteiger partial charge >= 0.3 is 5.97 Å². The number of carbonyl (C=O) groups is 1. The van der Waals surface area contributed by atoms with E-state index in [-0.39, 0.29) is 17.2 Å². The molecule has 3 aromatic rings. The van der Waals surface area contributed by atoms with Crippen LogP contribution in [-0.4, -0.2) is 17.0 Å². The van der Waals surface area contributed by atoms with E-state index < -0.39 is 10.9 Å². The van der Waals surface area contributed by atoms with Gasteiger partial charge in [-0.3, -0.25) is 10.1 Å². The molecule has 5 heteroatoms. The summed E-state index contributed by atoms with van der Waals surface area (Å²) < 4.78 is 5.92. The number of benzene rings is 3. The van der Waals surface area contributed by atoms with Crippen molar-refractivity contribution < 1.29 is 14.5 Å². The minimum atomic E-state index is -0.455. The summed E-state index contributed by atoms with van der Waals surface area (Å²) in [4.78, 5) is 24.8. The Kier molecular flexibility index (Phi) is 6.32. The Bertz CT molecular complexity index is 1240. The van der Waals surface area contributed by atoms with Crippen molar-refractivity contribution in [2.45, 2.75) is 52.6 Å². The Hall–Kier alpha value is -3.47. The SMILES string of the molecule is CCC1(CC)C=CC(OC(=O)c2cc3ccccc3cc2-c2c(C)cccc2[N+](=O)[O-])CC1. The van der Waals surface area contributed by atoms with E-state index in [1.807, 2.05) is 49.4 Å². The first-order valence-corrected chi connectivity index (χ1v) is 11.5. The van der Waals surface area contributed by atoms with Crippen molar-refractivity contribution in [2.75, 3.05) is 0 Å². The van der Waals surface area contributed by atoms with Crippen LogP contribution in [0.25, 0.3) is 21.9 Å². The molecule has 0 bridgehead atoms. The number of allylic oxidation sites excluding steroid dienone is 1. The van der Waals surface area contributed by atoms with Gasteiger partial charge in [0.25, 0.3) is 5.69 Å². The maximum Gasteiger partial charge on any atom is 0.339 e. The van der Waals surface area contributed by atoms with E-state index in [0.717, 1.165) is 42.0 Å². The highest BCUT2D eigenvalue weighted by Gasteiger charge is 2.30. The number of nitrogens with zero attached hydrogens (tertiary/aromatic N) is 1. The standard InChI is InChI=1S/C28H29NO4/c1-4-28(5-2)15-13-22(14-16-28)33-27(30)24-18-21-11-7-6-10-20(21)17-23(24)26-19(3)9-8-12-25(26)29(31)32/h6-13,15,17-18,22H,4-5,14,16H2,1-3H3. The van der Waals surface area contributed by atoms with Crippen LogP contribution in [-0.2, 0) is 4.74 Å². The van der Waals surface area contributed by atoms with Gasteiger partial charge in [-0.05, 0) is 72.6 Å². The van der Waals surface area contributed by atoms with Crippen LogP contribution in [0.4, 0.5) is 5.69 Å². The highest BCUT2D eigenvalue weighted by Crippen LogP contribution is 2.40. The summed E-state index contributed by atoms with van der Waals surface area (Å²) in [6.07, 6.45) is 7.78. The Morgan fingerprint density at radius 2 is 1.79 bits per heavy atom. The summed E-state index contributed by atoms with van der Waals surface area (Å²) in [6, 6.07) is 16.3. The number of fused-ring (bicyclic) bond motifs is 1. The quantitative estimate of drug-likeness (QED) is 0.172. The van der Waals surface area contributed by atoms with Crippen LogP contribution in [0.2, 0.25) is 0 Å². The Labute approximate surface area is 194 Å². The molecule has 1 aliphatic rings. The molecule has 0 N–H and O–H groups in total. The zero-order valence-electron chi connectivity index (χ0n) is 19.3. The number of esters is 1. The molecule has 33 heavy (non-hydrogen) atoms. The molecule has 0 radical (unpaired) electrons. The third kappa shape index (κ3) is 4.40. The van der Waals surface area contributed by atoms with Crippen LogP contribution in [0.15, 0.2) is 66.7 Å². The van der Waals surface area contributed by atoms with Gasteiger partial charge < -0.3 is 4.74 Å². The minimum Gasteiger partial charge on any atom is -0.455 e. The van der Waals surface area contributed by atoms with Gasteiger partial charge in [-0.2, -0.15) is 0 Å². The van der Waals surface area contributed by atoms with Crippen molar-refractivity contribution >= 4 is 22.4 Å². The second kappa shape index (κ2) is 9.18. The van der Waals surface area contributed by atoms with Crippen molar-refractivity contribution in [2.24, 2.45) is 5.41 Å². The molecule has 1 aliphatic carbocycles. The molecule has 5 nitrogen and oxygen atoms in total. The van der Waals surface area contributed by atoms with Gasteiger partial charge in [-0.25, -0.2) is 4.79 Å². The maximum absolute atomic E-state index is 13.4. The van der Waals surface area contributed by atoms with Crippen molar-refractivity contribution in [1.82, 2.24) is 0 Å². The average Bonchev–Trinajstić information content (AvgIpc) is 2.83. The Morgan fingerprint density at radius 3 is 2.39 bits per heavy atom. The molecular weight excluding hydrogens is 414 g/mol. The van der Waals surface area contributed by atoms with Crippen molar-refractivity contribution in [3.8, 4) is 11.1 Å². The zero-order chi connectivity index (χ0) is 23.6. The number of nitro benzene ring substituents is 1. The highest BCUT2D eigenvalue weighted by atomic mass is 16.6. The summed E-state index contributed by atoms with van der Waals surface area (Å²) >= 11 is 0. The fraction of sp³-hybridized carbons (Fsp3) is 0.321. The molecule has 0 saturated carbocycles. The molecular formula is C28H29NO4. The molecule has 0 fully saturated rings. The van der Waals surface area contributed by atoms with E-state index in [0.29, 0.717) is 16.7 Å².